The first-order valence-electron chi connectivity index (χ1n) is 14.6. The number of carboxylic acid groups (broad SMARTS) is 1. The number of halogens is 4. The van der Waals surface area contributed by atoms with E-state index < -0.39 is 34.5 Å². The fourth-order valence-electron chi connectivity index (χ4n) is 4.71. The molecule has 0 saturated carbocycles. The number of benzene rings is 4. The standard InChI is InChI=1S/C18H17NO5.C15H11NO5.C2HF3O2.BrH/c1-22-11-6-4-10(5-7-11)16-18(21)17(20)12-8-14(23-2)15(24-3)9-13(12)19-16;17-8-3-1-7(2-4-8)13-15(21)14(20)9-5-11(18)12(19)6-10(9)16-13;3-2(4,5)1(6)7;/h4-9,21H,1-3H3,(H,19,20);1-6,17-19,21H,(H,16,20);(H,6,7);1H. The molecule has 8 N–H and O–H groups in total. The van der Waals surface area contributed by atoms with Gasteiger partial charge in [0.1, 0.15) is 11.5 Å². The molecular formula is C35H30BrF3N2O12. The fraction of sp³-hybridized carbons (Fsp3) is 0.114. The lowest BCUT2D eigenvalue weighted by Crippen LogP contribution is -2.21. The van der Waals surface area contributed by atoms with Gasteiger partial charge in [0.15, 0.2) is 34.5 Å². The van der Waals surface area contributed by atoms with Gasteiger partial charge in [0.05, 0.1) is 54.5 Å². The minimum absolute atomic E-state index is 0. The molecule has 0 spiro atoms. The topological polar surface area (TPSA) is 232 Å². The second kappa shape index (κ2) is 16.6. The van der Waals surface area contributed by atoms with E-state index in [0.717, 1.165) is 6.07 Å². The molecule has 280 valence electrons. The number of rotatable bonds is 5. The van der Waals surface area contributed by atoms with Gasteiger partial charge in [-0.25, -0.2) is 4.79 Å². The van der Waals surface area contributed by atoms with Gasteiger partial charge >= 0.3 is 12.1 Å². The van der Waals surface area contributed by atoms with Crippen LogP contribution in [0.1, 0.15) is 0 Å². The molecule has 2 aromatic heterocycles. The van der Waals surface area contributed by atoms with Crippen molar-refractivity contribution >= 4 is 44.8 Å². The van der Waals surface area contributed by atoms with Gasteiger partial charge in [-0.1, -0.05) is 0 Å². The van der Waals surface area contributed by atoms with E-state index in [0.29, 0.717) is 45.0 Å². The number of ether oxygens (including phenoxy) is 3. The van der Waals surface area contributed by atoms with Crippen LogP contribution in [0.15, 0.2) is 82.4 Å². The van der Waals surface area contributed by atoms with E-state index in [1.54, 1.807) is 43.5 Å². The number of aromatic hydroxyl groups is 5. The molecule has 6 aromatic rings. The summed E-state index contributed by atoms with van der Waals surface area (Å²) in [6.45, 7) is 0. The van der Waals surface area contributed by atoms with Crippen molar-refractivity contribution in [3.8, 4) is 68.5 Å². The summed E-state index contributed by atoms with van der Waals surface area (Å²) in [7, 11) is 4.58. The molecule has 0 fully saturated rings. The van der Waals surface area contributed by atoms with Gasteiger partial charge in [-0.3, -0.25) is 9.59 Å². The predicted molar refractivity (Wildman–Crippen MR) is 192 cm³/mol. The summed E-state index contributed by atoms with van der Waals surface area (Å²) in [5.41, 5.74) is 1.34. The molecule has 4 aromatic carbocycles. The number of phenols is 3. The number of carboxylic acids is 1. The Balaban J connectivity index is 0.000000240. The number of aromatic amines is 2. The highest BCUT2D eigenvalue weighted by Gasteiger charge is 2.38. The van der Waals surface area contributed by atoms with Gasteiger partial charge < -0.3 is 54.8 Å². The van der Waals surface area contributed by atoms with Crippen LogP contribution in [0.5, 0.6) is 46.0 Å². The van der Waals surface area contributed by atoms with E-state index in [1.807, 2.05) is 0 Å². The molecule has 53 heavy (non-hydrogen) atoms. The smallest absolute Gasteiger partial charge is 0.490 e. The zero-order valence-corrected chi connectivity index (χ0v) is 29.3. The third-order valence-electron chi connectivity index (χ3n) is 7.33. The Bertz CT molecular complexity index is 2380. The first-order chi connectivity index (χ1) is 24.5. The maximum absolute atomic E-state index is 12.5. The lowest BCUT2D eigenvalue weighted by atomic mass is 10.1. The molecule has 18 heteroatoms. The summed E-state index contributed by atoms with van der Waals surface area (Å²) in [5.74, 6) is -2.76. The zero-order chi connectivity index (χ0) is 38.5. The highest BCUT2D eigenvalue weighted by atomic mass is 79.9. The number of pyridine rings is 2. The van der Waals surface area contributed by atoms with E-state index in [2.05, 4.69) is 9.97 Å². The number of phenolic OH excluding ortho intramolecular Hbond substituents is 3. The van der Waals surface area contributed by atoms with Crippen molar-refractivity contribution in [2.24, 2.45) is 0 Å². The normalized spacial score (nSPS) is 10.6. The minimum atomic E-state index is -5.08. The molecule has 0 aliphatic carbocycles. The maximum atomic E-state index is 12.5. The molecule has 0 saturated heterocycles. The molecule has 2 heterocycles. The monoisotopic (exact) mass is 806 g/mol. The molecular weight excluding hydrogens is 777 g/mol. The number of aliphatic carboxylic acids is 1. The number of methoxy groups -OCH3 is 3. The number of H-pyrrole nitrogens is 2. The molecule has 0 bridgehead atoms. The summed E-state index contributed by atoms with van der Waals surface area (Å²) in [6, 6.07) is 18.5. The van der Waals surface area contributed by atoms with Crippen molar-refractivity contribution in [3.05, 3.63) is 93.2 Å². The van der Waals surface area contributed by atoms with Crippen molar-refractivity contribution in [1.82, 2.24) is 9.97 Å². The van der Waals surface area contributed by atoms with Crippen molar-refractivity contribution < 1.29 is 62.8 Å². The summed E-state index contributed by atoms with van der Waals surface area (Å²) in [5, 5.41) is 56.1. The van der Waals surface area contributed by atoms with Crippen LogP contribution in [0.25, 0.3) is 44.3 Å². The number of aromatic nitrogens is 2. The highest BCUT2D eigenvalue weighted by Crippen LogP contribution is 2.35. The van der Waals surface area contributed by atoms with Crippen LogP contribution in [0.4, 0.5) is 13.2 Å². The number of hydrogen-bond acceptors (Lipinski definition) is 11. The van der Waals surface area contributed by atoms with Crippen LogP contribution < -0.4 is 25.1 Å². The number of fused-ring (bicyclic) bond motifs is 2. The van der Waals surface area contributed by atoms with Crippen LogP contribution in [0.3, 0.4) is 0 Å². The van der Waals surface area contributed by atoms with Crippen molar-refractivity contribution in [2.45, 2.75) is 6.18 Å². The van der Waals surface area contributed by atoms with Crippen LogP contribution in [-0.4, -0.2) is 74.1 Å². The Kier molecular flexibility index (Phi) is 12.8. The Labute approximate surface area is 306 Å². The second-order valence-electron chi connectivity index (χ2n) is 10.6. The largest absolute Gasteiger partial charge is 0.508 e. The minimum Gasteiger partial charge on any atom is -0.508 e. The number of alkyl halides is 3. The van der Waals surface area contributed by atoms with Gasteiger partial charge in [-0.15, -0.1) is 17.0 Å². The van der Waals surface area contributed by atoms with Crippen LogP contribution in [0, 0.1) is 0 Å². The molecule has 14 nitrogen and oxygen atoms in total. The molecule has 0 radical (unpaired) electrons. The summed E-state index contributed by atoms with van der Waals surface area (Å²) >= 11 is 0. The molecule has 0 unspecified atom stereocenters. The zero-order valence-electron chi connectivity index (χ0n) is 27.6. The summed E-state index contributed by atoms with van der Waals surface area (Å²) in [4.78, 5) is 39.5. The fourth-order valence-corrected chi connectivity index (χ4v) is 4.71. The lowest BCUT2D eigenvalue weighted by Gasteiger charge is -2.12. The Morgan fingerprint density at radius 1 is 0.623 bits per heavy atom. The molecule has 0 aliphatic rings. The predicted octanol–water partition coefficient (Wildman–Crippen LogP) is 6.16. The quantitative estimate of drug-likeness (QED) is 0.0917. The van der Waals surface area contributed by atoms with Crippen molar-refractivity contribution in [3.63, 3.8) is 0 Å². The molecule has 0 amide bonds. The first kappa shape index (κ1) is 40.9. The average Bonchev–Trinajstić information content (AvgIpc) is 3.12. The van der Waals surface area contributed by atoms with Gasteiger partial charge in [0.25, 0.3) is 0 Å². The van der Waals surface area contributed by atoms with Crippen LogP contribution >= 0.6 is 17.0 Å². The van der Waals surface area contributed by atoms with Crippen LogP contribution in [0.2, 0.25) is 0 Å². The maximum Gasteiger partial charge on any atom is 0.490 e. The van der Waals surface area contributed by atoms with Gasteiger partial charge in [0, 0.05) is 23.3 Å². The third kappa shape index (κ3) is 9.03. The number of carbonyl (C=O) groups is 1. The van der Waals surface area contributed by atoms with E-state index in [1.165, 1.54) is 44.6 Å². The third-order valence-corrected chi connectivity index (χ3v) is 7.33. The highest BCUT2D eigenvalue weighted by molar-refractivity contribution is 8.93. The first-order valence-corrected chi connectivity index (χ1v) is 14.6. The van der Waals surface area contributed by atoms with Gasteiger partial charge in [0.2, 0.25) is 10.9 Å². The molecule has 0 atom stereocenters. The van der Waals surface area contributed by atoms with E-state index in [4.69, 9.17) is 24.1 Å². The van der Waals surface area contributed by atoms with E-state index in [9.17, 15) is 48.3 Å². The molecule has 6 rings (SSSR count). The number of hydrogen-bond donors (Lipinski definition) is 8. The average molecular weight is 808 g/mol. The van der Waals surface area contributed by atoms with E-state index in [-0.39, 0.29) is 50.8 Å². The summed E-state index contributed by atoms with van der Waals surface area (Å²) < 4.78 is 47.3. The summed E-state index contributed by atoms with van der Waals surface area (Å²) in [6.07, 6.45) is -5.08. The van der Waals surface area contributed by atoms with Crippen molar-refractivity contribution in [1.29, 1.82) is 0 Å². The second-order valence-corrected chi connectivity index (χ2v) is 10.6. The Morgan fingerprint density at radius 2 is 1.02 bits per heavy atom. The SMILES string of the molecule is Br.COc1ccc(-c2[nH]c3cc(OC)c(OC)cc3c(=O)c2O)cc1.O=C(O)C(F)(F)F.O=c1c(O)c(-c2ccc(O)cc2)[nH]c2cc(O)c(O)cc12. The van der Waals surface area contributed by atoms with Gasteiger partial charge in [-0.05, 0) is 60.7 Å². The van der Waals surface area contributed by atoms with E-state index >= 15 is 0 Å². The lowest BCUT2D eigenvalue weighted by molar-refractivity contribution is -0.192. The number of nitrogens with one attached hydrogen (secondary N) is 2. The van der Waals surface area contributed by atoms with Gasteiger partial charge in [-0.2, -0.15) is 13.2 Å². The molecule has 0 aliphatic heterocycles. The van der Waals surface area contributed by atoms with Crippen molar-refractivity contribution in [2.75, 3.05) is 21.3 Å². The Hall–Kier alpha value is -6.56. The Morgan fingerprint density at radius 3 is 1.45 bits per heavy atom. The van der Waals surface area contributed by atoms with Crippen LogP contribution in [-0.2, 0) is 4.79 Å².